The first-order valence-electron chi connectivity index (χ1n) is 5.48. The molecule has 0 bridgehead atoms. The SMILES string of the molecule is O=C(CNC(=O)c1ccccc1Br)Nc1cn[nH]c1. The number of anilines is 1. The van der Waals surface area contributed by atoms with Crippen LogP contribution in [0.1, 0.15) is 10.4 Å². The lowest BCUT2D eigenvalue weighted by Crippen LogP contribution is -2.32. The van der Waals surface area contributed by atoms with Gasteiger partial charge in [0.1, 0.15) is 0 Å². The Morgan fingerprint density at radius 2 is 2.11 bits per heavy atom. The van der Waals surface area contributed by atoms with Crippen molar-refractivity contribution in [3.8, 4) is 0 Å². The number of H-pyrrole nitrogens is 1. The van der Waals surface area contributed by atoms with E-state index < -0.39 is 0 Å². The van der Waals surface area contributed by atoms with Gasteiger partial charge in [0.2, 0.25) is 5.91 Å². The van der Waals surface area contributed by atoms with E-state index in [-0.39, 0.29) is 18.4 Å². The average molecular weight is 323 g/mol. The summed E-state index contributed by atoms with van der Waals surface area (Å²) in [7, 11) is 0. The Labute approximate surface area is 117 Å². The van der Waals surface area contributed by atoms with Crippen LogP contribution >= 0.6 is 15.9 Å². The second kappa shape index (κ2) is 6.14. The zero-order valence-electron chi connectivity index (χ0n) is 9.81. The Hall–Kier alpha value is -2.15. The van der Waals surface area contributed by atoms with Gasteiger partial charge < -0.3 is 10.6 Å². The van der Waals surface area contributed by atoms with Crippen molar-refractivity contribution >= 4 is 33.4 Å². The summed E-state index contributed by atoms with van der Waals surface area (Å²) in [5.41, 5.74) is 1.04. The molecule has 0 saturated heterocycles. The van der Waals surface area contributed by atoms with Gasteiger partial charge in [-0.1, -0.05) is 12.1 Å². The minimum atomic E-state index is -0.318. The maximum absolute atomic E-state index is 11.8. The summed E-state index contributed by atoms with van der Waals surface area (Å²) >= 11 is 3.28. The van der Waals surface area contributed by atoms with E-state index in [0.717, 1.165) is 0 Å². The van der Waals surface area contributed by atoms with Crippen LogP contribution in [-0.2, 0) is 4.79 Å². The maximum atomic E-state index is 11.8. The van der Waals surface area contributed by atoms with E-state index in [2.05, 4.69) is 36.8 Å². The molecule has 0 aliphatic carbocycles. The average Bonchev–Trinajstić information content (AvgIpc) is 2.89. The number of nitrogens with one attached hydrogen (secondary N) is 3. The molecule has 7 heteroatoms. The highest BCUT2D eigenvalue weighted by Crippen LogP contribution is 2.15. The van der Waals surface area contributed by atoms with E-state index in [1.165, 1.54) is 6.20 Å². The number of aromatic nitrogens is 2. The molecule has 3 N–H and O–H groups in total. The summed E-state index contributed by atoms with van der Waals surface area (Å²) in [5, 5.41) is 11.4. The highest BCUT2D eigenvalue weighted by Gasteiger charge is 2.10. The summed E-state index contributed by atoms with van der Waals surface area (Å²) in [5.74, 6) is -0.628. The molecular formula is C12H11BrN4O2. The molecule has 0 radical (unpaired) electrons. The molecule has 2 rings (SSSR count). The van der Waals surface area contributed by atoms with Gasteiger partial charge in [-0.05, 0) is 28.1 Å². The second-order valence-electron chi connectivity index (χ2n) is 3.70. The van der Waals surface area contributed by atoms with Gasteiger partial charge in [-0.2, -0.15) is 5.10 Å². The molecule has 0 unspecified atom stereocenters. The number of benzene rings is 1. The van der Waals surface area contributed by atoms with Crippen LogP contribution in [0.25, 0.3) is 0 Å². The summed E-state index contributed by atoms with van der Waals surface area (Å²) < 4.78 is 0.683. The molecule has 1 aromatic carbocycles. The van der Waals surface area contributed by atoms with E-state index in [4.69, 9.17) is 0 Å². The van der Waals surface area contributed by atoms with Crippen LogP contribution in [0.3, 0.4) is 0 Å². The Kier molecular flexibility index (Phi) is 4.30. The molecule has 0 spiro atoms. The molecular weight excluding hydrogens is 312 g/mol. The van der Waals surface area contributed by atoms with Crippen molar-refractivity contribution in [2.24, 2.45) is 0 Å². The van der Waals surface area contributed by atoms with Crippen molar-refractivity contribution in [2.75, 3.05) is 11.9 Å². The molecule has 2 aromatic rings. The zero-order valence-corrected chi connectivity index (χ0v) is 11.4. The van der Waals surface area contributed by atoms with Crippen LogP contribution < -0.4 is 10.6 Å². The maximum Gasteiger partial charge on any atom is 0.252 e. The third kappa shape index (κ3) is 3.65. The molecule has 1 aromatic heterocycles. The van der Waals surface area contributed by atoms with Gasteiger partial charge >= 0.3 is 0 Å². The lowest BCUT2D eigenvalue weighted by atomic mass is 10.2. The van der Waals surface area contributed by atoms with Crippen LogP contribution in [0.2, 0.25) is 0 Å². The first-order valence-corrected chi connectivity index (χ1v) is 6.27. The number of nitrogens with zero attached hydrogens (tertiary/aromatic N) is 1. The minimum Gasteiger partial charge on any atom is -0.343 e. The molecule has 0 aliphatic heterocycles. The fourth-order valence-corrected chi connectivity index (χ4v) is 1.89. The number of hydrogen-bond acceptors (Lipinski definition) is 3. The highest BCUT2D eigenvalue weighted by atomic mass is 79.9. The Balaban J connectivity index is 1.87. The zero-order chi connectivity index (χ0) is 13.7. The van der Waals surface area contributed by atoms with Gasteiger partial charge in [-0.3, -0.25) is 14.7 Å². The van der Waals surface area contributed by atoms with E-state index in [1.54, 1.807) is 24.4 Å². The largest absolute Gasteiger partial charge is 0.343 e. The van der Waals surface area contributed by atoms with Crippen LogP contribution in [0.4, 0.5) is 5.69 Å². The predicted octanol–water partition coefficient (Wildman–Crippen LogP) is 1.54. The van der Waals surface area contributed by atoms with E-state index in [1.807, 2.05) is 6.07 Å². The molecule has 19 heavy (non-hydrogen) atoms. The van der Waals surface area contributed by atoms with E-state index >= 15 is 0 Å². The first kappa shape index (κ1) is 13.3. The summed E-state index contributed by atoms with van der Waals surface area (Å²) in [6.45, 7) is -0.106. The minimum absolute atomic E-state index is 0.106. The lowest BCUT2D eigenvalue weighted by Gasteiger charge is -2.06. The number of amides is 2. The lowest BCUT2D eigenvalue weighted by molar-refractivity contribution is -0.115. The van der Waals surface area contributed by atoms with Crippen molar-refractivity contribution in [2.45, 2.75) is 0 Å². The van der Waals surface area contributed by atoms with Crippen molar-refractivity contribution < 1.29 is 9.59 Å². The molecule has 0 saturated carbocycles. The van der Waals surface area contributed by atoms with Crippen molar-refractivity contribution in [3.63, 3.8) is 0 Å². The van der Waals surface area contributed by atoms with Crippen LogP contribution in [0.5, 0.6) is 0 Å². The third-order valence-electron chi connectivity index (χ3n) is 2.31. The number of carbonyl (C=O) groups excluding carboxylic acids is 2. The molecule has 2 amide bonds. The normalized spacial score (nSPS) is 9.95. The predicted molar refractivity (Wildman–Crippen MR) is 73.7 cm³/mol. The van der Waals surface area contributed by atoms with E-state index in [9.17, 15) is 9.59 Å². The molecule has 98 valence electrons. The van der Waals surface area contributed by atoms with Crippen LogP contribution in [0, 0.1) is 0 Å². The standard InChI is InChI=1S/C12H11BrN4O2/c13-10-4-2-1-3-9(10)12(19)14-7-11(18)17-8-5-15-16-6-8/h1-6H,7H2,(H,14,19)(H,15,16)(H,17,18). The number of hydrogen-bond donors (Lipinski definition) is 3. The topological polar surface area (TPSA) is 86.9 Å². The third-order valence-corrected chi connectivity index (χ3v) is 3.00. The number of carbonyl (C=O) groups is 2. The Morgan fingerprint density at radius 3 is 2.79 bits per heavy atom. The summed E-state index contributed by atoms with van der Waals surface area (Å²) in [4.78, 5) is 23.4. The van der Waals surface area contributed by atoms with Crippen molar-refractivity contribution in [1.82, 2.24) is 15.5 Å². The molecule has 1 heterocycles. The molecule has 0 fully saturated rings. The Bertz CT molecular complexity index is 583. The van der Waals surface area contributed by atoms with Gasteiger partial charge in [0.25, 0.3) is 5.91 Å². The molecule has 0 aliphatic rings. The fraction of sp³-hybridized carbons (Fsp3) is 0.0833. The van der Waals surface area contributed by atoms with E-state index in [0.29, 0.717) is 15.7 Å². The summed E-state index contributed by atoms with van der Waals surface area (Å²) in [6, 6.07) is 7.01. The monoisotopic (exact) mass is 322 g/mol. The fourth-order valence-electron chi connectivity index (χ4n) is 1.43. The quantitative estimate of drug-likeness (QED) is 0.798. The van der Waals surface area contributed by atoms with Gasteiger partial charge in [-0.15, -0.1) is 0 Å². The second-order valence-corrected chi connectivity index (χ2v) is 4.55. The van der Waals surface area contributed by atoms with Gasteiger partial charge in [0, 0.05) is 10.7 Å². The number of halogens is 1. The molecule has 6 nitrogen and oxygen atoms in total. The smallest absolute Gasteiger partial charge is 0.252 e. The molecule has 0 atom stereocenters. The van der Waals surface area contributed by atoms with Crippen molar-refractivity contribution in [3.05, 3.63) is 46.7 Å². The van der Waals surface area contributed by atoms with Crippen LogP contribution in [0.15, 0.2) is 41.1 Å². The number of rotatable bonds is 4. The number of aromatic amines is 1. The van der Waals surface area contributed by atoms with Crippen molar-refractivity contribution in [1.29, 1.82) is 0 Å². The van der Waals surface area contributed by atoms with Gasteiger partial charge in [0.05, 0.1) is 24.0 Å². The van der Waals surface area contributed by atoms with Gasteiger partial charge in [-0.25, -0.2) is 0 Å². The first-order chi connectivity index (χ1) is 9.16. The Morgan fingerprint density at radius 1 is 1.32 bits per heavy atom. The van der Waals surface area contributed by atoms with Gasteiger partial charge in [0.15, 0.2) is 0 Å². The summed E-state index contributed by atoms with van der Waals surface area (Å²) in [6.07, 6.45) is 3.03. The van der Waals surface area contributed by atoms with Crippen LogP contribution in [-0.4, -0.2) is 28.6 Å². The highest BCUT2D eigenvalue weighted by molar-refractivity contribution is 9.10.